The van der Waals surface area contributed by atoms with Gasteiger partial charge >= 0.3 is 0 Å². The second-order valence-corrected chi connectivity index (χ2v) is 6.16. The zero-order chi connectivity index (χ0) is 16.3. The Hall–Kier alpha value is -2.45. The largest absolute Gasteiger partial charge is 0.294 e. The fourth-order valence-corrected chi connectivity index (χ4v) is 2.36. The molecule has 0 unspecified atom stereocenters. The van der Waals surface area contributed by atoms with Crippen molar-refractivity contribution in [3.63, 3.8) is 0 Å². The molecule has 116 valence electrons. The Morgan fingerprint density at radius 3 is 2.27 bits per heavy atom. The van der Waals surface area contributed by atoms with Crippen LogP contribution in [0.3, 0.4) is 0 Å². The summed E-state index contributed by atoms with van der Waals surface area (Å²) in [5.74, 6) is 5.56. The van der Waals surface area contributed by atoms with Crippen LogP contribution in [-0.4, -0.2) is 23.0 Å². The lowest BCUT2D eigenvalue weighted by Gasteiger charge is -1.95. The van der Waals surface area contributed by atoms with Crippen molar-refractivity contribution in [2.45, 2.75) is 11.8 Å². The Kier molecular flexibility index (Phi) is 4.43. The normalized spacial score (nSPS) is 11.0. The van der Waals surface area contributed by atoms with E-state index in [9.17, 15) is 8.42 Å². The van der Waals surface area contributed by atoms with Crippen molar-refractivity contribution in [3.05, 3.63) is 54.1 Å². The summed E-state index contributed by atoms with van der Waals surface area (Å²) in [7, 11) is -2.15. The molecule has 0 spiro atoms. The minimum atomic E-state index is -4.02. The van der Waals surface area contributed by atoms with Gasteiger partial charge in [-0.15, -0.1) is 4.68 Å². The van der Waals surface area contributed by atoms with Crippen LogP contribution in [0.15, 0.2) is 53.4 Å². The first kappa shape index (κ1) is 15.9. The summed E-state index contributed by atoms with van der Waals surface area (Å²) in [6.45, 7) is 1.84. The molecule has 0 amide bonds. The number of nitrogens with two attached hydrogens (primary N) is 1. The van der Waals surface area contributed by atoms with Gasteiger partial charge in [0.05, 0.1) is 4.90 Å². The molecule has 0 saturated carbocycles. The lowest BCUT2D eigenvalue weighted by Crippen LogP contribution is -2.32. The van der Waals surface area contributed by atoms with Gasteiger partial charge in [-0.1, -0.05) is 29.8 Å². The van der Waals surface area contributed by atoms with Gasteiger partial charge in [-0.3, -0.25) is 4.55 Å². The van der Waals surface area contributed by atoms with Crippen molar-refractivity contribution in [3.8, 4) is 0 Å². The molecule has 0 bridgehead atoms. The Morgan fingerprint density at radius 2 is 1.73 bits per heavy atom. The molecule has 0 atom stereocenters. The molecule has 0 aliphatic carbocycles. The third-order valence-corrected chi connectivity index (χ3v) is 3.89. The van der Waals surface area contributed by atoms with Crippen LogP contribution in [0.25, 0.3) is 11.0 Å². The summed E-state index contributed by atoms with van der Waals surface area (Å²) in [5.41, 5.74) is 2.93. The van der Waals surface area contributed by atoms with Crippen molar-refractivity contribution in [2.75, 3.05) is 5.84 Å². The molecule has 22 heavy (non-hydrogen) atoms. The van der Waals surface area contributed by atoms with Crippen molar-refractivity contribution >= 4 is 21.2 Å². The van der Waals surface area contributed by atoms with Crippen LogP contribution in [0.2, 0.25) is 0 Å². The zero-order valence-electron chi connectivity index (χ0n) is 12.2. The third kappa shape index (κ3) is 3.60. The predicted octanol–water partition coefficient (Wildman–Crippen LogP) is 0.816. The van der Waals surface area contributed by atoms with Gasteiger partial charge in [0, 0.05) is 0 Å². The maximum atomic E-state index is 10.5. The number of nitrogen functional groups attached to an aromatic ring is 1. The number of hydrogen-bond acceptors (Lipinski definition) is 4. The summed E-state index contributed by atoms with van der Waals surface area (Å²) in [6, 6.07) is 13.8. The van der Waals surface area contributed by atoms with Crippen molar-refractivity contribution in [1.82, 2.24) is 10.0 Å². The number of aromatic nitrogens is 3. The van der Waals surface area contributed by atoms with E-state index >= 15 is 0 Å². The standard InChI is InChI=1S/C7H9N4.C7H8O3S/c1-10-6-4-2-3-5-7(6)11(8)9-10;1-6-2-4-7(5-3-6)11(8,9)10/h2-5H,1H3,(H2,8,9);2-5H,1H3,(H,8,9,10)/q+1;. The van der Waals surface area contributed by atoms with Crippen molar-refractivity contribution in [2.24, 2.45) is 7.05 Å². The quantitative estimate of drug-likeness (QED) is 0.392. The van der Waals surface area contributed by atoms with E-state index in [1.54, 1.807) is 16.8 Å². The topological polar surface area (TPSA) is 102 Å². The van der Waals surface area contributed by atoms with E-state index in [0.29, 0.717) is 0 Å². The Bertz CT molecular complexity index is 850. The molecule has 1 aromatic heterocycles. The highest BCUT2D eigenvalue weighted by atomic mass is 32.2. The minimum Gasteiger partial charge on any atom is -0.282 e. The Morgan fingerprint density at radius 1 is 1.14 bits per heavy atom. The van der Waals surface area contributed by atoms with Gasteiger partial charge in [0.1, 0.15) is 12.3 Å². The zero-order valence-corrected chi connectivity index (χ0v) is 13.0. The SMILES string of the molecule is C[n+]1nn(N)c2ccccc21.Cc1ccc(S(=O)(=O)O)cc1. The Labute approximate surface area is 128 Å². The first-order chi connectivity index (χ1) is 10.3. The average molecular weight is 321 g/mol. The molecule has 0 saturated heterocycles. The molecule has 0 aliphatic rings. The number of aryl methyl sites for hydroxylation is 2. The van der Waals surface area contributed by atoms with Crippen LogP contribution in [0, 0.1) is 6.92 Å². The summed E-state index contributed by atoms with van der Waals surface area (Å²) in [4.78, 5) is 1.30. The molecule has 7 nitrogen and oxygen atoms in total. The van der Waals surface area contributed by atoms with Gasteiger partial charge in [-0.25, -0.2) is 5.84 Å². The lowest BCUT2D eigenvalue weighted by molar-refractivity contribution is -0.708. The first-order valence-corrected chi connectivity index (χ1v) is 7.86. The molecule has 0 fully saturated rings. The molecule has 0 aliphatic heterocycles. The molecule has 2 aromatic carbocycles. The molecular formula is C14H17N4O3S+. The summed E-state index contributed by atoms with van der Waals surface area (Å²) in [5, 5.41) is 4.00. The fraction of sp³-hybridized carbons (Fsp3) is 0.143. The van der Waals surface area contributed by atoms with Gasteiger partial charge in [-0.2, -0.15) is 8.42 Å². The highest BCUT2D eigenvalue weighted by Crippen LogP contribution is 2.08. The number of hydrogen-bond donors (Lipinski definition) is 2. The fourth-order valence-electron chi connectivity index (χ4n) is 1.88. The number of rotatable bonds is 1. The highest BCUT2D eigenvalue weighted by molar-refractivity contribution is 7.85. The molecule has 3 aromatic rings. The number of benzene rings is 2. The van der Waals surface area contributed by atoms with Crippen LogP contribution < -0.4 is 10.5 Å². The van der Waals surface area contributed by atoms with E-state index < -0.39 is 10.1 Å². The molecule has 3 rings (SSSR count). The average Bonchev–Trinajstić information content (AvgIpc) is 2.75. The minimum absolute atomic E-state index is 0.0666. The maximum Gasteiger partial charge on any atom is 0.294 e. The second kappa shape index (κ2) is 6.12. The van der Waals surface area contributed by atoms with Gasteiger partial charge in [0.15, 0.2) is 0 Å². The number of fused-ring (bicyclic) bond motifs is 1. The van der Waals surface area contributed by atoms with E-state index in [0.717, 1.165) is 16.6 Å². The van der Waals surface area contributed by atoms with E-state index in [2.05, 4.69) is 5.21 Å². The molecule has 0 radical (unpaired) electrons. The summed E-state index contributed by atoms with van der Waals surface area (Å²) < 4.78 is 31.3. The third-order valence-electron chi connectivity index (χ3n) is 3.03. The van der Waals surface area contributed by atoms with E-state index in [4.69, 9.17) is 10.4 Å². The predicted molar refractivity (Wildman–Crippen MR) is 82.1 cm³/mol. The van der Waals surface area contributed by atoms with Crippen LogP contribution in [0.1, 0.15) is 5.56 Å². The van der Waals surface area contributed by atoms with E-state index in [-0.39, 0.29) is 4.90 Å². The smallest absolute Gasteiger partial charge is 0.282 e. The molecule has 3 N–H and O–H groups in total. The number of nitrogens with zero attached hydrogens (tertiary/aromatic N) is 3. The van der Waals surface area contributed by atoms with Gasteiger partial charge < -0.3 is 0 Å². The summed E-state index contributed by atoms with van der Waals surface area (Å²) >= 11 is 0. The van der Waals surface area contributed by atoms with Crippen LogP contribution in [-0.2, 0) is 17.2 Å². The molecule has 1 heterocycles. The Balaban J connectivity index is 0.000000160. The number of para-hydroxylation sites is 2. The summed E-state index contributed by atoms with van der Waals surface area (Å²) in [6.07, 6.45) is 0. The first-order valence-electron chi connectivity index (χ1n) is 6.42. The maximum absolute atomic E-state index is 10.5. The van der Waals surface area contributed by atoms with Gasteiger partial charge in [0.2, 0.25) is 11.0 Å². The van der Waals surface area contributed by atoms with Crippen molar-refractivity contribution < 1.29 is 17.7 Å². The monoisotopic (exact) mass is 321 g/mol. The molecular weight excluding hydrogens is 304 g/mol. The van der Waals surface area contributed by atoms with Crippen LogP contribution >= 0.6 is 0 Å². The second-order valence-electron chi connectivity index (χ2n) is 4.73. The molecule has 8 heteroatoms. The highest BCUT2D eigenvalue weighted by Gasteiger charge is 2.10. The lowest BCUT2D eigenvalue weighted by atomic mass is 10.2. The van der Waals surface area contributed by atoms with E-state index in [1.165, 1.54) is 16.9 Å². The van der Waals surface area contributed by atoms with E-state index in [1.807, 2.05) is 38.2 Å². The van der Waals surface area contributed by atoms with Gasteiger partial charge in [-0.05, 0) is 36.0 Å². The van der Waals surface area contributed by atoms with Gasteiger partial charge in [0.25, 0.3) is 10.1 Å². The van der Waals surface area contributed by atoms with Crippen LogP contribution in [0.5, 0.6) is 0 Å². The van der Waals surface area contributed by atoms with Crippen LogP contribution in [0.4, 0.5) is 0 Å². The van der Waals surface area contributed by atoms with Crippen molar-refractivity contribution in [1.29, 1.82) is 0 Å².